The van der Waals surface area contributed by atoms with Crippen LogP contribution in [0.1, 0.15) is 12.8 Å². The van der Waals surface area contributed by atoms with Gasteiger partial charge >= 0.3 is 0 Å². The number of unbranched alkanes of at least 4 members (excludes halogenated alkanes) is 1. The van der Waals surface area contributed by atoms with E-state index in [1.54, 1.807) is 6.07 Å². The minimum atomic E-state index is -0.268. The Bertz CT molecular complexity index is 312. The van der Waals surface area contributed by atoms with E-state index in [1.165, 1.54) is 12.1 Å². The molecule has 0 saturated carbocycles. The molecule has 0 atom stereocenters. The van der Waals surface area contributed by atoms with Crippen molar-refractivity contribution in [3.63, 3.8) is 0 Å². The first-order valence-corrected chi connectivity index (χ1v) is 5.22. The van der Waals surface area contributed by atoms with E-state index in [0.29, 0.717) is 16.8 Å². The van der Waals surface area contributed by atoms with E-state index in [2.05, 4.69) is 22.5 Å². The Morgan fingerprint density at radius 2 is 2.29 bits per heavy atom. The van der Waals surface area contributed by atoms with Crippen LogP contribution in [0.4, 0.5) is 4.39 Å². The van der Waals surface area contributed by atoms with Gasteiger partial charge in [-0.2, -0.15) is 0 Å². The zero-order chi connectivity index (χ0) is 10.4. The summed E-state index contributed by atoms with van der Waals surface area (Å²) in [7, 11) is 0. The summed E-state index contributed by atoms with van der Waals surface area (Å²) in [4.78, 5) is 0. The van der Waals surface area contributed by atoms with Crippen molar-refractivity contribution in [1.82, 2.24) is 0 Å². The van der Waals surface area contributed by atoms with Gasteiger partial charge in [0, 0.05) is 0 Å². The van der Waals surface area contributed by atoms with E-state index >= 15 is 0 Å². The van der Waals surface area contributed by atoms with Gasteiger partial charge < -0.3 is 4.74 Å². The third-order valence-electron chi connectivity index (χ3n) is 1.70. The fraction of sp³-hybridized carbons (Fsp3) is 0.273. The van der Waals surface area contributed by atoms with E-state index in [-0.39, 0.29) is 5.82 Å². The maximum absolute atomic E-state index is 12.7. The summed E-state index contributed by atoms with van der Waals surface area (Å²) < 4.78 is 18.8. The van der Waals surface area contributed by atoms with Crippen molar-refractivity contribution in [3.05, 3.63) is 41.1 Å². The molecule has 0 N–H and O–H groups in total. The Labute approximate surface area is 91.7 Å². The molecule has 14 heavy (non-hydrogen) atoms. The highest BCUT2D eigenvalue weighted by molar-refractivity contribution is 9.10. The number of ether oxygens (including phenoxy) is 1. The molecule has 0 amide bonds. The van der Waals surface area contributed by atoms with Crippen molar-refractivity contribution in [2.75, 3.05) is 6.61 Å². The predicted octanol–water partition coefficient (Wildman–Crippen LogP) is 3.93. The normalized spacial score (nSPS) is 9.86. The van der Waals surface area contributed by atoms with Gasteiger partial charge in [-0.15, -0.1) is 6.58 Å². The maximum Gasteiger partial charge on any atom is 0.133 e. The summed E-state index contributed by atoms with van der Waals surface area (Å²) in [5, 5.41) is 0. The quantitative estimate of drug-likeness (QED) is 0.575. The molecule has 76 valence electrons. The molecule has 0 saturated heterocycles. The molecule has 0 aliphatic carbocycles. The highest BCUT2D eigenvalue weighted by Gasteiger charge is 2.01. The first kappa shape index (κ1) is 11.2. The highest BCUT2D eigenvalue weighted by atomic mass is 79.9. The topological polar surface area (TPSA) is 9.23 Å². The second kappa shape index (κ2) is 5.81. The summed E-state index contributed by atoms with van der Waals surface area (Å²) >= 11 is 3.23. The summed E-state index contributed by atoms with van der Waals surface area (Å²) in [6, 6.07) is 4.39. The van der Waals surface area contributed by atoms with Gasteiger partial charge in [0.25, 0.3) is 0 Å². The van der Waals surface area contributed by atoms with Crippen LogP contribution in [0.25, 0.3) is 0 Å². The van der Waals surface area contributed by atoms with Crippen molar-refractivity contribution >= 4 is 15.9 Å². The molecule has 0 spiro atoms. The van der Waals surface area contributed by atoms with Crippen LogP contribution in [0.5, 0.6) is 5.75 Å². The molecule has 0 bridgehead atoms. The smallest absolute Gasteiger partial charge is 0.133 e. The van der Waals surface area contributed by atoms with E-state index in [4.69, 9.17) is 4.74 Å². The zero-order valence-electron chi connectivity index (χ0n) is 7.80. The van der Waals surface area contributed by atoms with Crippen LogP contribution in [0, 0.1) is 5.82 Å². The average molecular weight is 259 g/mol. The van der Waals surface area contributed by atoms with Crippen molar-refractivity contribution in [1.29, 1.82) is 0 Å². The van der Waals surface area contributed by atoms with E-state index in [1.807, 2.05) is 6.08 Å². The largest absolute Gasteiger partial charge is 0.492 e. The molecule has 0 radical (unpaired) electrons. The standard InChI is InChI=1S/C11H12BrFO/c1-2-3-4-7-14-11-6-5-9(13)8-10(11)12/h2,5-6,8H,1,3-4,7H2. The van der Waals surface area contributed by atoms with Gasteiger partial charge in [-0.1, -0.05) is 6.08 Å². The average Bonchev–Trinajstić information content (AvgIpc) is 2.15. The van der Waals surface area contributed by atoms with Crippen LogP contribution in [0.15, 0.2) is 35.3 Å². The minimum Gasteiger partial charge on any atom is -0.492 e. The van der Waals surface area contributed by atoms with Gasteiger partial charge in [-0.3, -0.25) is 0 Å². The molecular weight excluding hydrogens is 247 g/mol. The maximum atomic E-state index is 12.7. The molecule has 1 aromatic carbocycles. The predicted molar refractivity (Wildman–Crippen MR) is 59.0 cm³/mol. The lowest BCUT2D eigenvalue weighted by atomic mass is 10.3. The number of hydrogen-bond acceptors (Lipinski definition) is 1. The summed E-state index contributed by atoms with van der Waals surface area (Å²) in [5.74, 6) is 0.408. The Morgan fingerprint density at radius 3 is 2.93 bits per heavy atom. The number of allylic oxidation sites excluding steroid dienone is 1. The minimum absolute atomic E-state index is 0.268. The molecule has 0 aromatic heterocycles. The lowest BCUT2D eigenvalue weighted by Crippen LogP contribution is -1.97. The molecule has 0 unspecified atom stereocenters. The SMILES string of the molecule is C=CCCCOc1ccc(F)cc1Br. The molecule has 3 heteroatoms. The van der Waals surface area contributed by atoms with Crippen molar-refractivity contribution < 1.29 is 9.13 Å². The van der Waals surface area contributed by atoms with Gasteiger partial charge in [0.15, 0.2) is 0 Å². The van der Waals surface area contributed by atoms with Crippen LogP contribution >= 0.6 is 15.9 Å². The molecule has 0 aliphatic heterocycles. The second-order valence-corrected chi connectivity index (χ2v) is 3.71. The van der Waals surface area contributed by atoms with E-state index in [9.17, 15) is 4.39 Å². The fourth-order valence-corrected chi connectivity index (χ4v) is 1.47. The third kappa shape index (κ3) is 3.50. The zero-order valence-corrected chi connectivity index (χ0v) is 9.39. The summed E-state index contributed by atoms with van der Waals surface area (Å²) in [6.45, 7) is 4.24. The Kier molecular flexibility index (Phi) is 4.66. The summed E-state index contributed by atoms with van der Waals surface area (Å²) in [5.41, 5.74) is 0. The molecule has 0 fully saturated rings. The van der Waals surface area contributed by atoms with Crippen LogP contribution in [-0.2, 0) is 0 Å². The Hall–Kier alpha value is -0.830. The van der Waals surface area contributed by atoms with E-state index < -0.39 is 0 Å². The van der Waals surface area contributed by atoms with Crippen molar-refractivity contribution in [2.45, 2.75) is 12.8 Å². The number of halogens is 2. The van der Waals surface area contributed by atoms with Crippen LogP contribution in [-0.4, -0.2) is 6.61 Å². The lowest BCUT2D eigenvalue weighted by molar-refractivity contribution is 0.309. The molecule has 1 aromatic rings. The number of rotatable bonds is 5. The molecule has 1 nitrogen and oxygen atoms in total. The van der Waals surface area contributed by atoms with Crippen LogP contribution in [0.3, 0.4) is 0 Å². The molecule has 1 rings (SSSR count). The first-order chi connectivity index (χ1) is 6.74. The fourth-order valence-electron chi connectivity index (χ4n) is 1.00. The second-order valence-electron chi connectivity index (χ2n) is 2.85. The lowest BCUT2D eigenvalue weighted by Gasteiger charge is -2.06. The van der Waals surface area contributed by atoms with E-state index in [0.717, 1.165) is 12.8 Å². The van der Waals surface area contributed by atoms with Crippen molar-refractivity contribution in [2.24, 2.45) is 0 Å². The van der Waals surface area contributed by atoms with Gasteiger partial charge in [0.1, 0.15) is 11.6 Å². The van der Waals surface area contributed by atoms with Crippen molar-refractivity contribution in [3.8, 4) is 5.75 Å². The monoisotopic (exact) mass is 258 g/mol. The van der Waals surface area contributed by atoms with Crippen LogP contribution < -0.4 is 4.74 Å². The summed E-state index contributed by atoms with van der Waals surface area (Å²) in [6.07, 6.45) is 3.70. The van der Waals surface area contributed by atoms with Gasteiger partial charge in [-0.25, -0.2) is 4.39 Å². The van der Waals surface area contributed by atoms with Crippen LogP contribution in [0.2, 0.25) is 0 Å². The van der Waals surface area contributed by atoms with Gasteiger partial charge in [0.05, 0.1) is 11.1 Å². The molecule has 0 heterocycles. The molecule has 0 aliphatic rings. The molecular formula is C11H12BrFO. The first-order valence-electron chi connectivity index (χ1n) is 4.43. The van der Waals surface area contributed by atoms with Gasteiger partial charge in [-0.05, 0) is 47.0 Å². The third-order valence-corrected chi connectivity index (χ3v) is 2.32. The number of hydrogen-bond donors (Lipinski definition) is 0. The highest BCUT2D eigenvalue weighted by Crippen LogP contribution is 2.25. The number of benzene rings is 1. The Morgan fingerprint density at radius 1 is 1.50 bits per heavy atom. The Balaban J connectivity index is 2.46. The van der Waals surface area contributed by atoms with Gasteiger partial charge in [0.2, 0.25) is 0 Å².